The molecule has 3 N–H and O–H groups in total. The minimum absolute atomic E-state index is 0.143. The topological polar surface area (TPSA) is 97.0 Å². The predicted octanol–water partition coefficient (Wildman–Crippen LogP) is 1.73. The lowest BCUT2D eigenvalue weighted by Gasteiger charge is -2.11. The van der Waals surface area contributed by atoms with E-state index in [9.17, 15) is 9.59 Å². The van der Waals surface area contributed by atoms with Gasteiger partial charge >= 0.3 is 0 Å². The van der Waals surface area contributed by atoms with Crippen LogP contribution in [0.4, 0.5) is 5.69 Å². The molecule has 1 aromatic heterocycles. The van der Waals surface area contributed by atoms with Gasteiger partial charge in [0, 0.05) is 25.3 Å². The average Bonchev–Trinajstić information content (AvgIpc) is 3.08. The van der Waals surface area contributed by atoms with Crippen molar-refractivity contribution >= 4 is 34.7 Å². The van der Waals surface area contributed by atoms with Crippen LogP contribution in [0.1, 0.15) is 15.2 Å². The maximum absolute atomic E-state index is 11.9. The average molecular weight is 346 g/mol. The van der Waals surface area contributed by atoms with Crippen molar-refractivity contribution in [1.82, 2.24) is 4.90 Å². The lowest BCUT2D eigenvalue weighted by molar-refractivity contribution is -0.120. The van der Waals surface area contributed by atoms with Crippen LogP contribution in [-0.4, -0.2) is 43.3 Å². The molecular weight excluding hydrogens is 328 g/mol. The fourth-order valence-electron chi connectivity index (χ4n) is 1.81. The second-order valence-corrected chi connectivity index (χ2v) is 6.00. The normalized spacial score (nSPS) is 11.0. The summed E-state index contributed by atoms with van der Waals surface area (Å²) in [7, 11) is 3.33. The third-order valence-electron chi connectivity index (χ3n) is 2.93. The van der Waals surface area contributed by atoms with Gasteiger partial charge in [-0.2, -0.15) is 0 Å². The van der Waals surface area contributed by atoms with E-state index >= 15 is 0 Å². The minimum atomic E-state index is -0.396. The number of amides is 2. The largest absolute Gasteiger partial charge is 0.384 e. The third-order valence-corrected chi connectivity index (χ3v) is 3.82. The third kappa shape index (κ3) is 4.82. The number of nitrogens with zero attached hydrogens (tertiary/aromatic N) is 2. The molecule has 0 saturated heterocycles. The zero-order valence-electron chi connectivity index (χ0n) is 13.4. The summed E-state index contributed by atoms with van der Waals surface area (Å²) >= 11 is 1.43. The van der Waals surface area contributed by atoms with Gasteiger partial charge in [-0.15, -0.1) is 11.3 Å². The van der Waals surface area contributed by atoms with Crippen LogP contribution < -0.4 is 11.1 Å². The summed E-state index contributed by atoms with van der Waals surface area (Å²) in [5.74, 6) is -0.320. The molecule has 0 unspecified atom stereocenters. The van der Waals surface area contributed by atoms with Crippen molar-refractivity contribution < 1.29 is 14.4 Å². The van der Waals surface area contributed by atoms with Crippen molar-refractivity contribution in [3.8, 4) is 0 Å². The number of thiophene rings is 1. The number of nitrogens with one attached hydrogen (secondary N) is 1. The van der Waals surface area contributed by atoms with Gasteiger partial charge in [0.2, 0.25) is 0 Å². The second-order valence-electron chi connectivity index (χ2n) is 5.06. The van der Waals surface area contributed by atoms with Crippen molar-refractivity contribution in [3.05, 3.63) is 52.2 Å². The van der Waals surface area contributed by atoms with Crippen LogP contribution in [0.2, 0.25) is 0 Å². The molecule has 1 aromatic carbocycles. The van der Waals surface area contributed by atoms with Crippen LogP contribution in [-0.2, 0) is 9.63 Å². The highest BCUT2D eigenvalue weighted by molar-refractivity contribution is 7.12. The smallest absolute Gasteiger partial charge is 0.265 e. The van der Waals surface area contributed by atoms with Crippen LogP contribution in [0, 0.1) is 0 Å². The van der Waals surface area contributed by atoms with E-state index in [0.717, 1.165) is 4.88 Å². The molecule has 0 aliphatic rings. The first kappa shape index (κ1) is 17.5. The molecule has 8 heteroatoms. The molecule has 0 aliphatic heterocycles. The van der Waals surface area contributed by atoms with Gasteiger partial charge < -0.3 is 20.8 Å². The zero-order valence-corrected chi connectivity index (χ0v) is 14.2. The van der Waals surface area contributed by atoms with Crippen molar-refractivity contribution in [3.63, 3.8) is 0 Å². The van der Waals surface area contributed by atoms with Crippen LogP contribution in [0.25, 0.3) is 0 Å². The Labute approximate surface area is 143 Å². The Morgan fingerprint density at radius 3 is 2.75 bits per heavy atom. The number of hydrogen-bond donors (Lipinski definition) is 2. The van der Waals surface area contributed by atoms with Crippen molar-refractivity contribution in [1.29, 1.82) is 0 Å². The van der Waals surface area contributed by atoms with Gasteiger partial charge in [0.05, 0.1) is 4.88 Å². The highest BCUT2D eigenvalue weighted by Gasteiger charge is 2.10. The summed E-state index contributed by atoms with van der Waals surface area (Å²) in [6, 6.07) is 10.3. The molecular formula is C16H18N4O3S. The zero-order chi connectivity index (χ0) is 17.5. The van der Waals surface area contributed by atoms with Gasteiger partial charge in [0.15, 0.2) is 12.4 Å². The Morgan fingerprint density at radius 2 is 2.08 bits per heavy atom. The maximum Gasteiger partial charge on any atom is 0.265 e. The number of rotatable bonds is 6. The Morgan fingerprint density at radius 1 is 1.29 bits per heavy atom. The molecule has 24 heavy (non-hydrogen) atoms. The maximum atomic E-state index is 11.9. The number of amidine groups is 1. The van der Waals surface area contributed by atoms with Gasteiger partial charge in [-0.1, -0.05) is 17.3 Å². The minimum Gasteiger partial charge on any atom is -0.384 e. The molecule has 126 valence electrons. The Bertz CT molecular complexity index is 742. The quantitative estimate of drug-likeness (QED) is 0.473. The first-order valence-electron chi connectivity index (χ1n) is 7.08. The van der Waals surface area contributed by atoms with Crippen LogP contribution in [0.15, 0.2) is 46.9 Å². The number of oxime groups is 1. The monoisotopic (exact) mass is 346 g/mol. The molecule has 0 saturated carbocycles. The molecule has 0 fully saturated rings. The molecule has 0 radical (unpaired) electrons. The Hall–Kier alpha value is -2.87. The van der Waals surface area contributed by atoms with E-state index in [1.54, 1.807) is 44.4 Å². The molecule has 7 nitrogen and oxygen atoms in total. The van der Waals surface area contributed by atoms with E-state index in [1.807, 2.05) is 11.4 Å². The molecule has 0 spiro atoms. The summed E-state index contributed by atoms with van der Waals surface area (Å²) < 4.78 is 0. The van der Waals surface area contributed by atoms with Gasteiger partial charge in [0.25, 0.3) is 11.8 Å². The van der Waals surface area contributed by atoms with E-state index in [4.69, 9.17) is 10.6 Å². The van der Waals surface area contributed by atoms with Crippen LogP contribution >= 0.6 is 11.3 Å². The SMILES string of the molecule is CN(C)C(=O)c1cccc(NC(=O)CO/N=C(/N)c2cccs2)c1. The second kappa shape index (κ2) is 8.11. The first-order valence-corrected chi connectivity index (χ1v) is 7.96. The number of nitrogens with two attached hydrogens (primary N) is 1. The van der Waals surface area contributed by atoms with E-state index in [0.29, 0.717) is 11.3 Å². The highest BCUT2D eigenvalue weighted by atomic mass is 32.1. The number of anilines is 1. The first-order chi connectivity index (χ1) is 11.5. The van der Waals surface area contributed by atoms with Crippen LogP contribution in [0.5, 0.6) is 0 Å². The summed E-state index contributed by atoms with van der Waals surface area (Å²) in [5, 5.41) is 8.21. The Balaban J connectivity index is 1.90. The van der Waals surface area contributed by atoms with E-state index in [-0.39, 0.29) is 18.3 Å². The number of carbonyl (C=O) groups is 2. The predicted molar refractivity (Wildman–Crippen MR) is 94.1 cm³/mol. The van der Waals surface area contributed by atoms with Crippen LogP contribution in [0.3, 0.4) is 0 Å². The number of benzene rings is 1. The lowest BCUT2D eigenvalue weighted by atomic mass is 10.2. The number of hydrogen-bond acceptors (Lipinski definition) is 5. The molecule has 0 bridgehead atoms. The summed E-state index contributed by atoms with van der Waals surface area (Å²) in [6.45, 7) is -0.280. The number of carbonyl (C=O) groups excluding carboxylic acids is 2. The molecule has 2 aromatic rings. The standard InChI is InChI=1S/C16H18N4O3S/c1-20(2)16(22)11-5-3-6-12(9-11)18-14(21)10-23-19-15(17)13-7-4-8-24-13/h3-9H,10H2,1-2H3,(H2,17,19)(H,18,21). The van der Waals surface area contributed by atoms with Crippen molar-refractivity contribution in [2.24, 2.45) is 10.9 Å². The van der Waals surface area contributed by atoms with E-state index in [1.165, 1.54) is 16.2 Å². The fraction of sp³-hybridized carbons (Fsp3) is 0.188. The lowest BCUT2D eigenvalue weighted by Crippen LogP contribution is -2.22. The van der Waals surface area contributed by atoms with Gasteiger partial charge in [-0.3, -0.25) is 9.59 Å². The van der Waals surface area contributed by atoms with Gasteiger partial charge in [-0.05, 0) is 29.6 Å². The highest BCUT2D eigenvalue weighted by Crippen LogP contribution is 2.12. The van der Waals surface area contributed by atoms with Gasteiger partial charge in [-0.25, -0.2) is 0 Å². The Kier molecular flexibility index (Phi) is 5.91. The van der Waals surface area contributed by atoms with E-state index in [2.05, 4.69) is 10.5 Å². The van der Waals surface area contributed by atoms with E-state index < -0.39 is 5.91 Å². The van der Waals surface area contributed by atoms with Crippen molar-refractivity contribution in [2.45, 2.75) is 0 Å². The summed E-state index contributed by atoms with van der Waals surface area (Å²) in [5.41, 5.74) is 6.71. The van der Waals surface area contributed by atoms with Gasteiger partial charge in [0.1, 0.15) is 0 Å². The van der Waals surface area contributed by atoms with Crippen molar-refractivity contribution in [2.75, 3.05) is 26.0 Å². The molecule has 2 amide bonds. The fourth-order valence-corrected chi connectivity index (χ4v) is 2.43. The molecule has 0 atom stereocenters. The summed E-state index contributed by atoms with van der Waals surface area (Å²) in [4.78, 5) is 30.9. The molecule has 0 aliphatic carbocycles. The molecule has 1 heterocycles. The molecule has 2 rings (SSSR count). The summed E-state index contributed by atoms with van der Waals surface area (Å²) in [6.07, 6.45) is 0.